The highest BCUT2D eigenvalue weighted by molar-refractivity contribution is 7.89. The van der Waals surface area contributed by atoms with Crippen LogP contribution in [0.4, 0.5) is 0 Å². The Morgan fingerprint density at radius 1 is 1.43 bits per heavy atom. The van der Waals surface area contributed by atoms with Gasteiger partial charge in [0.25, 0.3) is 0 Å². The third-order valence-corrected chi connectivity index (χ3v) is 5.69. The molecule has 0 bridgehead atoms. The van der Waals surface area contributed by atoms with E-state index in [-0.39, 0.29) is 11.5 Å². The van der Waals surface area contributed by atoms with Crippen LogP contribution < -0.4 is 4.74 Å². The maximum absolute atomic E-state index is 12.8. The van der Waals surface area contributed by atoms with Crippen LogP contribution in [0, 0.1) is 0 Å². The van der Waals surface area contributed by atoms with Crippen LogP contribution in [-0.4, -0.2) is 50.2 Å². The van der Waals surface area contributed by atoms with Crippen LogP contribution in [-0.2, 0) is 21.4 Å². The number of morpholine rings is 1. The topological polar surface area (TPSA) is 76.1 Å². The van der Waals surface area contributed by atoms with E-state index in [0.717, 1.165) is 0 Å². The maximum Gasteiger partial charge on any atom is 0.243 e. The van der Waals surface area contributed by atoms with Crippen molar-refractivity contribution in [2.75, 3.05) is 26.9 Å². The molecule has 6 nitrogen and oxygen atoms in total. The highest BCUT2D eigenvalue weighted by Gasteiger charge is 2.39. The van der Waals surface area contributed by atoms with Gasteiger partial charge in [0.1, 0.15) is 5.75 Å². The van der Waals surface area contributed by atoms with Gasteiger partial charge in [-0.25, -0.2) is 8.42 Å². The predicted octanol–water partition coefficient (Wildman–Crippen LogP) is 0.987. The van der Waals surface area contributed by atoms with Gasteiger partial charge in [0, 0.05) is 12.1 Å². The van der Waals surface area contributed by atoms with Crippen molar-refractivity contribution in [3.63, 3.8) is 0 Å². The van der Waals surface area contributed by atoms with E-state index in [4.69, 9.17) is 9.47 Å². The van der Waals surface area contributed by atoms with Gasteiger partial charge in [-0.15, -0.1) is 0 Å². The zero-order valence-electron chi connectivity index (χ0n) is 12.5. The highest BCUT2D eigenvalue weighted by atomic mass is 32.2. The molecule has 0 aliphatic carbocycles. The molecule has 0 aromatic heterocycles. The summed E-state index contributed by atoms with van der Waals surface area (Å²) in [6, 6.07) is 4.52. The smallest absolute Gasteiger partial charge is 0.243 e. The van der Waals surface area contributed by atoms with Gasteiger partial charge < -0.3 is 14.6 Å². The zero-order valence-corrected chi connectivity index (χ0v) is 13.3. The van der Waals surface area contributed by atoms with Crippen LogP contribution in [0.2, 0.25) is 0 Å². The largest absolute Gasteiger partial charge is 0.496 e. The van der Waals surface area contributed by atoms with Gasteiger partial charge in [0.2, 0.25) is 10.0 Å². The molecule has 0 saturated carbocycles. The van der Waals surface area contributed by atoms with Crippen LogP contribution in [0.15, 0.2) is 23.1 Å². The molecule has 0 atom stereocenters. The van der Waals surface area contributed by atoms with E-state index in [1.807, 2.05) is 13.8 Å². The Balaban J connectivity index is 2.44. The highest BCUT2D eigenvalue weighted by Crippen LogP contribution is 2.30. The van der Waals surface area contributed by atoms with E-state index >= 15 is 0 Å². The van der Waals surface area contributed by atoms with Crippen molar-refractivity contribution in [3.8, 4) is 5.75 Å². The summed E-state index contributed by atoms with van der Waals surface area (Å²) in [6.07, 6.45) is 0. The lowest BCUT2D eigenvalue weighted by molar-refractivity contribution is -0.00771. The molecule has 1 aromatic rings. The van der Waals surface area contributed by atoms with Crippen molar-refractivity contribution >= 4 is 10.0 Å². The number of benzene rings is 1. The lowest BCUT2D eigenvalue weighted by Gasteiger charge is -2.40. The molecule has 1 N–H and O–H groups in total. The van der Waals surface area contributed by atoms with Crippen LogP contribution >= 0.6 is 0 Å². The van der Waals surface area contributed by atoms with E-state index in [2.05, 4.69) is 0 Å². The average Bonchev–Trinajstić information content (AvgIpc) is 2.45. The average molecular weight is 315 g/mol. The van der Waals surface area contributed by atoms with E-state index in [1.165, 1.54) is 23.5 Å². The van der Waals surface area contributed by atoms with Crippen LogP contribution in [0.5, 0.6) is 5.75 Å². The number of hydrogen-bond acceptors (Lipinski definition) is 5. The molecule has 2 rings (SSSR count). The summed E-state index contributed by atoms with van der Waals surface area (Å²) in [5.41, 5.74) is -0.152. The first-order chi connectivity index (χ1) is 9.82. The standard InChI is InChI=1S/C14H21NO5S/c1-14(2)10-20-7-6-15(14)21(17,18)12-4-5-13(19-3)11(8-12)9-16/h4-5,8,16H,6-7,9-10H2,1-3H3. The van der Waals surface area contributed by atoms with Crippen molar-refractivity contribution in [3.05, 3.63) is 23.8 Å². The normalized spacial score (nSPS) is 19.4. The number of nitrogens with zero attached hydrogens (tertiary/aromatic N) is 1. The second kappa shape index (κ2) is 5.92. The molecule has 1 fully saturated rings. The molecule has 0 amide bonds. The first-order valence-electron chi connectivity index (χ1n) is 6.71. The lowest BCUT2D eigenvalue weighted by atomic mass is 10.1. The van der Waals surface area contributed by atoms with Crippen molar-refractivity contribution in [2.45, 2.75) is 30.9 Å². The third-order valence-electron chi connectivity index (χ3n) is 3.58. The van der Waals surface area contributed by atoms with Gasteiger partial charge in [-0.3, -0.25) is 0 Å². The minimum Gasteiger partial charge on any atom is -0.496 e. The molecule has 0 unspecified atom stereocenters. The molecule has 1 aliphatic heterocycles. The molecule has 0 radical (unpaired) electrons. The van der Waals surface area contributed by atoms with Crippen LogP contribution in [0.25, 0.3) is 0 Å². The quantitative estimate of drug-likeness (QED) is 0.896. The number of rotatable bonds is 4. The second-order valence-electron chi connectivity index (χ2n) is 5.57. The molecule has 1 heterocycles. The van der Waals surface area contributed by atoms with Crippen molar-refractivity contribution in [1.82, 2.24) is 4.31 Å². The van der Waals surface area contributed by atoms with E-state index in [0.29, 0.717) is 31.1 Å². The van der Waals surface area contributed by atoms with Crippen molar-refractivity contribution < 1.29 is 23.0 Å². The molecule has 21 heavy (non-hydrogen) atoms. The van der Waals surface area contributed by atoms with Crippen LogP contribution in [0.3, 0.4) is 0 Å². The molecule has 1 aromatic carbocycles. The second-order valence-corrected chi connectivity index (χ2v) is 7.44. The fraction of sp³-hybridized carbons (Fsp3) is 0.571. The Kier molecular flexibility index (Phi) is 4.57. The van der Waals surface area contributed by atoms with Gasteiger partial charge in [-0.2, -0.15) is 4.31 Å². The minimum atomic E-state index is -3.64. The lowest BCUT2D eigenvalue weighted by Crippen LogP contribution is -2.55. The maximum atomic E-state index is 12.8. The number of hydrogen-bond donors (Lipinski definition) is 1. The SMILES string of the molecule is COc1ccc(S(=O)(=O)N2CCOCC2(C)C)cc1CO. The summed E-state index contributed by atoms with van der Waals surface area (Å²) in [4.78, 5) is 0.155. The summed E-state index contributed by atoms with van der Waals surface area (Å²) >= 11 is 0. The Labute approximate surface area is 125 Å². The Morgan fingerprint density at radius 3 is 2.71 bits per heavy atom. The van der Waals surface area contributed by atoms with Gasteiger partial charge in [0.15, 0.2) is 0 Å². The molecule has 118 valence electrons. The minimum absolute atomic E-state index is 0.155. The summed E-state index contributed by atoms with van der Waals surface area (Å²) in [6.45, 7) is 4.44. The first-order valence-corrected chi connectivity index (χ1v) is 8.15. The molecule has 7 heteroatoms. The Hall–Kier alpha value is -1.15. The third kappa shape index (κ3) is 3.06. The zero-order chi connectivity index (χ0) is 15.7. The van der Waals surface area contributed by atoms with E-state index in [1.54, 1.807) is 6.07 Å². The van der Waals surface area contributed by atoms with Gasteiger partial charge in [-0.1, -0.05) is 0 Å². The number of ether oxygens (including phenoxy) is 2. The van der Waals surface area contributed by atoms with Crippen LogP contribution in [0.1, 0.15) is 19.4 Å². The van der Waals surface area contributed by atoms with Gasteiger partial charge >= 0.3 is 0 Å². The number of aliphatic hydroxyl groups excluding tert-OH is 1. The molecule has 1 aliphatic rings. The first kappa shape index (κ1) is 16.2. The van der Waals surface area contributed by atoms with Gasteiger partial charge in [-0.05, 0) is 32.0 Å². The Morgan fingerprint density at radius 2 is 2.14 bits per heavy atom. The predicted molar refractivity (Wildman–Crippen MR) is 77.7 cm³/mol. The summed E-state index contributed by atoms with van der Waals surface area (Å²) in [5.74, 6) is 0.470. The number of methoxy groups -OCH3 is 1. The number of sulfonamides is 1. The monoisotopic (exact) mass is 315 g/mol. The fourth-order valence-electron chi connectivity index (χ4n) is 2.46. The molecule has 0 spiro atoms. The van der Waals surface area contributed by atoms with Crippen molar-refractivity contribution in [2.24, 2.45) is 0 Å². The number of aliphatic hydroxyl groups is 1. The summed E-state index contributed by atoms with van der Waals surface area (Å²) < 4.78 is 37.6. The molecular formula is C14H21NO5S. The van der Waals surface area contributed by atoms with E-state index < -0.39 is 15.6 Å². The van der Waals surface area contributed by atoms with Gasteiger partial charge in [0.05, 0.1) is 37.4 Å². The molecular weight excluding hydrogens is 294 g/mol. The summed E-state index contributed by atoms with van der Waals surface area (Å²) in [7, 11) is -2.16. The molecule has 1 saturated heterocycles. The Bertz CT molecular complexity index is 612. The fourth-order valence-corrected chi connectivity index (χ4v) is 4.26. The van der Waals surface area contributed by atoms with E-state index in [9.17, 15) is 13.5 Å². The van der Waals surface area contributed by atoms with Crippen molar-refractivity contribution in [1.29, 1.82) is 0 Å². The summed E-state index contributed by atoms with van der Waals surface area (Å²) in [5, 5.41) is 9.34.